The van der Waals surface area contributed by atoms with E-state index in [1.54, 1.807) is 6.20 Å². The fraction of sp³-hybridized carbons (Fsp3) is 0.429. The summed E-state index contributed by atoms with van der Waals surface area (Å²) in [7, 11) is 0. The molecule has 0 aliphatic carbocycles. The topological polar surface area (TPSA) is 52.5 Å². The lowest BCUT2D eigenvalue weighted by atomic mass is 10.4. The predicted octanol–water partition coefficient (Wildman–Crippen LogP) is 1.04. The summed E-state index contributed by atoms with van der Waals surface area (Å²) in [5.41, 5.74) is 0.902. The van der Waals surface area contributed by atoms with Crippen LogP contribution in [0, 0.1) is 11.3 Å². The average Bonchev–Trinajstić information content (AvgIpc) is 2.37. The lowest BCUT2D eigenvalue weighted by Crippen LogP contribution is -1.83. The van der Waals surface area contributed by atoms with Gasteiger partial charge < -0.3 is 4.98 Å². The second-order valence-corrected chi connectivity index (χ2v) is 2.04. The quantitative estimate of drug-likeness (QED) is 0.658. The van der Waals surface area contributed by atoms with Crippen LogP contribution in [0.5, 0.6) is 0 Å². The van der Waals surface area contributed by atoms with Crippen LogP contribution in [0.1, 0.15) is 18.4 Å². The van der Waals surface area contributed by atoms with Gasteiger partial charge in [0.2, 0.25) is 0 Å². The van der Waals surface area contributed by atoms with Crippen LogP contribution in [0.2, 0.25) is 0 Å². The van der Waals surface area contributed by atoms with E-state index in [1.165, 1.54) is 0 Å². The van der Waals surface area contributed by atoms with Crippen molar-refractivity contribution in [2.75, 3.05) is 0 Å². The summed E-state index contributed by atoms with van der Waals surface area (Å²) in [6.07, 6.45) is 3.03. The maximum absolute atomic E-state index is 8.30. The first-order valence-corrected chi connectivity index (χ1v) is 3.26. The molecule has 0 fully saturated rings. The van der Waals surface area contributed by atoms with E-state index < -0.39 is 0 Å². The average molecular weight is 135 g/mol. The van der Waals surface area contributed by atoms with Crippen molar-refractivity contribution in [3.05, 3.63) is 17.7 Å². The molecule has 1 aromatic heterocycles. The molecule has 1 N–H and O–H groups in total. The number of nitriles is 1. The SMILES string of the molecule is CCc1ncc(CC#N)[nH]1. The first kappa shape index (κ1) is 6.81. The normalized spacial score (nSPS) is 9.20. The number of nitrogens with one attached hydrogen (secondary N) is 1. The van der Waals surface area contributed by atoms with Crippen molar-refractivity contribution in [1.29, 1.82) is 5.26 Å². The number of hydrogen-bond acceptors (Lipinski definition) is 2. The molecule has 3 nitrogen and oxygen atoms in total. The van der Waals surface area contributed by atoms with Gasteiger partial charge in [-0.25, -0.2) is 4.98 Å². The monoisotopic (exact) mass is 135 g/mol. The molecule has 0 aliphatic heterocycles. The highest BCUT2D eigenvalue weighted by molar-refractivity contribution is 5.05. The minimum absolute atomic E-state index is 0.424. The maximum atomic E-state index is 8.30. The molecule has 1 rings (SSSR count). The Morgan fingerprint density at radius 1 is 1.80 bits per heavy atom. The second kappa shape index (κ2) is 3.02. The first-order chi connectivity index (χ1) is 4.86. The summed E-state index contributed by atoms with van der Waals surface area (Å²) >= 11 is 0. The van der Waals surface area contributed by atoms with Gasteiger partial charge in [0.1, 0.15) is 5.82 Å². The summed E-state index contributed by atoms with van der Waals surface area (Å²) in [5, 5.41) is 8.30. The van der Waals surface area contributed by atoms with Crippen molar-refractivity contribution in [3.63, 3.8) is 0 Å². The van der Waals surface area contributed by atoms with Crippen LogP contribution in [-0.4, -0.2) is 9.97 Å². The van der Waals surface area contributed by atoms with Crippen molar-refractivity contribution in [3.8, 4) is 6.07 Å². The Morgan fingerprint density at radius 2 is 2.60 bits per heavy atom. The molecule has 0 unspecified atom stereocenters. The maximum Gasteiger partial charge on any atom is 0.105 e. The van der Waals surface area contributed by atoms with Crippen LogP contribution < -0.4 is 0 Å². The van der Waals surface area contributed by atoms with E-state index in [9.17, 15) is 0 Å². The largest absolute Gasteiger partial charge is 0.345 e. The minimum atomic E-state index is 0.424. The number of hydrogen-bond donors (Lipinski definition) is 1. The number of nitrogens with zero attached hydrogens (tertiary/aromatic N) is 2. The molecule has 0 aromatic carbocycles. The van der Waals surface area contributed by atoms with E-state index in [4.69, 9.17) is 5.26 Å². The molecule has 0 bridgehead atoms. The molecule has 0 spiro atoms. The predicted molar refractivity (Wildman–Crippen MR) is 37.3 cm³/mol. The molecular formula is C7H9N3. The van der Waals surface area contributed by atoms with Gasteiger partial charge in [-0.2, -0.15) is 5.26 Å². The highest BCUT2D eigenvalue weighted by Gasteiger charge is 1.95. The third kappa shape index (κ3) is 1.35. The van der Waals surface area contributed by atoms with E-state index in [1.807, 2.05) is 6.92 Å². The molecule has 1 heterocycles. The second-order valence-electron chi connectivity index (χ2n) is 2.04. The smallest absolute Gasteiger partial charge is 0.105 e. The van der Waals surface area contributed by atoms with Crippen molar-refractivity contribution < 1.29 is 0 Å². The standard InChI is InChI=1S/C7H9N3/c1-2-7-9-5-6(10-7)3-4-8/h5H,2-3H2,1H3,(H,9,10). The molecular weight excluding hydrogens is 126 g/mol. The summed E-state index contributed by atoms with van der Waals surface area (Å²) in [6, 6.07) is 2.05. The number of imidazole rings is 1. The zero-order valence-electron chi connectivity index (χ0n) is 5.89. The number of rotatable bonds is 2. The Hall–Kier alpha value is -1.30. The lowest BCUT2D eigenvalue weighted by molar-refractivity contribution is 0.975. The molecule has 52 valence electrons. The fourth-order valence-electron chi connectivity index (χ4n) is 0.760. The van der Waals surface area contributed by atoms with E-state index >= 15 is 0 Å². The Labute approximate surface area is 59.7 Å². The third-order valence-electron chi connectivity index (χ3n) is 1.29. The summed E-state index contributed by atoms with van der Waals surface area (Å²) < 4.78 is 0. The zero-order chi connectivity index (χ0) is 7.40. The van der Waals surface area contributed by atoms with Crippen molar-refractivity contribution in [2.24, 2.45) is 0 Å². The number of aryl methyl sites for hydroxylation is 1. The number of aromatic nitrogens is 2. The summed E-state index contributed by atoms with van der Waals surface area (Å²) in [4.78, 5) is 7.08. The van der Waals surface area contributed by atoms with Gasteiger partial charge in [-0.1, -0.05) is 6.92 Å². The highest BCUT2D eigenvalue weighted by atomic mass is 14.9. The minimum Gasteiger partial charge on any atom is -0.345 e. The number of H-pyrrole nitrogens is 1. The molecule has 3 heteroatoms. The Balaban J connectivity index is 2.70. The van der Waals surface area contributed by atoms with Crippen LogP contribution in [-0.2, 0) is 12.8 Å². The number of aromatic amines is 1. The highest BCUT2D eigenvalue weighted by Crippen LogP contribution is 1.97. The first-order valence-electron chi connectivity index (χ1n) is 3.26. The van der Waals surface area contributed by atoms with Gasteiger partial charge >= 0.3 is 0 Å². The van der Waals surface area contributed by atoms with Gasteiger partial charge in [-0.3, -0.25) is 0 Å². The van der Waals surface area contributed by atoms with Gasteiger partial charge in [0.15, 0.2) is 0 Å². The van der Waals surface area contributed by atoms with Gasteiger partial charge in [-0.05, 0) is 0 Å². The van der Waals surface area contributed by atoms with Crippen molar-refractivity contribution >= 4 is 0 Å². The van der Waals surface area contributed by atoms with Crippen LogP contribution in [0.4, 0.5) is 0 Å². The molecule has 0 atom stereocenters. The van der Waals surface area contributed by atoms with E-state index in [0.717, 1.165) is 17.9 Å². The molecule has 0 saturated carbocycles. The zero-order valence-corrected chi connectivity index (χ0v) is 5.89. The van der Waals surface area contributed by atoms with Crippen LogP contribution in [0.15, 0.2) is 6.20 Å². The molecule has 0 amide bonds. The van der Waals surface area contributed by atoms with Gasteiger partial charge in [0, 0.05) is 18.3 Å². The van der Waals surface area contributed by atoms with E-state index in [2.05, 4.69) is 16.0 Å². The third-order valence-corrected chi connectivity index (χ3v) is 1.29. The Bertz CT molecular complexity index is 244. The van der Waals surface area contributed by atoms with Gasteiger partial charge in [0.05, 0.1) is 12.5 Å². The van der Waals surface area contributed by atoms with E-state index in [-0.39, 0.29) is 0 Å². The van der Waals surface area contributed by atoms with Gasteiger partial charge in [-0.15, -0.1) is 0 Å². The molecule has 0 saturated heterocycles. The fourth-order valence-corrected chi connectivity index (χ4v) is 0.760. The molecule has 0 aliphatic rings. The van der Waals surface area contributed by atoms with Crippen LogP contribution in [0.25, 0.3) is 0 Å². The molecule has 1 aromatic rings. The van der Waals surface area contributed by atoms with Crippen molar-refractivity contribution in [1.82, 2.24) is 9.97 Å². The summed E-state index contributed by atoms with van der Waals surface area (Å²) in [5.74, 6) is 0.949. The summed E-state index contributed by atoms with van der Waals surface area (Å²) in [6.45, 7) is 2.02. The van der Waals surface area contributed by atoms with Crippen LogP contribution in [0.3, 0.4) is 0 Å². The van der Waals surface area contributed by atoms with Crippen LogP contribution >= 0.6 is 0 Å². The molecule has 10 heavy (non-hydrogen) atoms. The van der Waals surface area contributed by atoms with Gasteiger partial charge in [0.25, 0.3) is 0 Å². The lowest BCUT2D eigenvalue weighted by Gasteiger charge is -1.84. The Kier molecular flexibility index (Phi) is 2.06. The van der Waals surface area contributed by atoms with E-state index in [0.29, 0.717) is 6.42 Å². The Morgan fingerprint density at radius 3 is 3.10 bits per heavy atom. The van der Waals surface area contributed by atoms with Crippen molar-refractivity contribution in [2.45, 2.75) is 19.8 Å². The molecule has 0 radical (unpaired) electrons.